The van der Waals surface area contributed by atoms with Crippen molar-refractivity contribution >= 4 is 16.8 Å². The van der Waals surface area contributed by atoms with Crippen LogP contribution in [0, 0.1) is 11.8 Å². The summed E-state index contributed by atoms with van der Waals surface area (Å²) in [4.78, 5) is 18.8. The van der Waals surface area contributed by atoms with Crippen molar-refractivity contribution in [2.24, 2.45) is 11.8 Å². The number of likely N-dealkylation sites (tertiary alicyclic amines) is 1. The minimum absolute atomic E-state index is 0.209. The maximum Gasteiger partial charge on any atom is 0.254 e. The fourth-order valence-electron chi connectivity index (χ4n) is 7.07. The number of carbonyl (C=O) groups is 1. The Balaban J connectivity index is 1.30. The van der Waals surface area contributed by atoms with Crippen LogP contribution >= 0.6 is 0 Å². The Kier molecular flexibility index (Phi) is 5.34. The van der Waals surface area contributed by atoms with Crippen molar-refractivity contribution in [1.29, 1.82) is 0 Å². The zero-order chi connectivity index (χ0) is 21.7. The summed E-state index contributed by atoms with van der Waals surface area (Å²) >= 11 is 0. The summed E-state index contributed by atoms with van der Waals surface area (Å²) in [6.07, 6.45) is 12.3. The fraction of sp³-hybridized carbons (Fsp3) is 0.593. The number of benzene rings is 1. The van der Waals surface area contributed by atoms with Crippen LogP contribution in [0.25, 0.3) is 10.9 Å². The molecule has 4 aliphatic rings. The van der Waals surface area contributed by atoms with Gasteiger partial charge in [0.25, 0.3) is 5.91 Å². The second-order valence-electron chi connectivity index (χ2n) is 10.3. The van der Waals surface area contributed by atoms with E-state index in [1.54, 1.807) is 12.7 Å². The molecular formula is C27H35N3O2. The van der Waals surface area contributed by atoms with Gasteiger partial charge in [0, 0.05) is 50.1 Å². The van der Waals surface area contributed by atoms with Gasteiger partial charge in [-0.25, -0.2) is 0 Å². The lowest BCUT2D eigenvalue weighted by Crippen LogP contribution is -2.60. The van der Waals surface area contributed by atoms with Crippen LogP contribution in [0.15, 0.2) is 42.1 Å². The number of methoxy groups -OCH3 is 1. The molecule has 0 N–H and O–H groups in total. The predicted molar refractivity (Wildman–Crippen MR) is 127 cm³/mol. The second-order valence-corrected chi connectivity index (χ2v) is 10.3. The molecular weight excluding hydrogens is 398 g/mol. The number of hydrogen-bond donors (Lipinski definition) is 0. The average molecular weight is 434 g/mol. The number of amides is 1. The van der Waals surface area contributed by atoms with Crippen molar-refractivity contribution in [2.75, 3.05) is 33.4 Å². The SMILES string of the molecule is COCCn1ccc2ccc(C(=O)N3CCCC4=C[C@H]5C[C@@H](CN6CCCCC56)C43)cc21. The Hall–Kier alpha value is -2.11. The van der Waals surface area contributed by atoms with Gasteiger partial charge in [-0.15, -0.1) is 0 Å². The monoisotopic (exact) mass is 433 g/mol. The highest BCUT2D eigenvalue weighted by Crippen LogP contribution is 2.45. The van der Waals surface area contributed by atoms with Crippen LogP contribution in [0.1, 0.15) is 48.9 Å². The van der Waals surface area contributed by atoms with E-state index in [2.05, 4.69) is 44.8 Å². The summed E-state index contributed by atoms with van der Waals surface area (Å²) in [5.74, 6) is 1.50. The summed E-state index contributed by atoms with van der Waals surface area (Å²) in [7, 11) is 1.73. The summed E-state index contributed by atoms with van der Waals surface area (Å²) in [5, 5.41) is 1.18. The van der Waals surface area contributed by atoms with Crippen LogP contribution in [0.5, 0.6) is 0 Å². The van der Waals surface area contributed by atoms with E-state index in [-0.39, 0.29) is 5.91 Å². The van der Waals surface area contributed by atoms with E-state index in [0.717, 1.165) is 36.6 Å². The standard InChI is InChI=1S/C27H35N3O2/c1-32-14-13-28-12-9-19-7-8-21(17-25(19)28)27(31)30-11-4-5-20-15-22-16-23(26(20)30)18-29-10-3-2-6-24(22)29/h7-9,12,15,17,22-24,26H,2-6,10-11,13-14,16,18H2,1H3/t22-,23-,24?,26?/m0/s1. The van der Waals surface area contributed by atoms with Gasteiger partial charge in [0.1, 0.15) is 0 Å². The van der Waals surface area contributed by atoms with Gasteiger partial charge in [-0.05, 0) is 74.1 Å². The molecule has 1 amide bonds. The first kappa shape index (κ1) is 20.5. The van der Waals surface area contributed by atoms with Crippen LogP contribution < -0.4 is 0 Å². The molecule has 5 heteroatoms. The lowest BCUT2D eigenvalue weighted by atomic mass is 9.68. The molecule has 2 unspecified atom stereocenters. The number of hydrogen-bond acceptors (Lipinski definition) is 3. The number of fused-ring (bicyclic) bond motifs is 7. The zero-order valence-corrected chi connectivity index (χ0v) is 19.2. The quantitative estimate of drug-likeness (QED) is 0.674. The molecule has 3 aliphatic heterocycles. The van der Waals surface area contributed by atoms with E-state index in [4.69, 9.17) is 4.74 Å². The molecule has 1 aromatic carbocycles. The van der Waals surface area contributed by atoms with Gasteiger partial charge in [-0.2, -0.15) is 0 Å². The molecule has 3 fully saturated rings. The minimum atomic E-state index is 0.209. The topological polar surface area (TPSA) is 37.7 Å². The normalized spacial score (nSPS) is 30.0. The molecule has 3 saturated heterocycles. The van der Waals surface area contributed by atoms with Gasteiger partial charge in [-0.1, -0.05) is 24.1 Å². The molecule has 2 bridgehead atoms. The van der Waals surface area contributed by atoms with E-state index >= 15 is 0 Å². The summed E-state index contributed by atoms with van der Waals surface area (Å²) < 4.78 is 7.46. The summed E-state index contributed by atoms with van der Waals surface area (Å²) in [6.45, 7) is 4.78. The molecule has 2 aromatic rings. The molecule has 170 valence electrons. The van der Waals surface area contributed by atoms with Crippen molar-refractivity contribution in [2.45, 2.75) is 57.2 Å². The largest absolute Gasteiger partial charge is 0.383 e. The molecule has 6 rings (SSSR count). The van der Waals surface area contributed by atoms with E-state index in [1.165, 1.54) is 50.6 Å². The molecule has 5 nitrogen and oxygen atoms in total. The first-order valence-corrected chi connectivity index (χ1v) is 12.6. The highest BCUT2D eigenvalue weighted by molar-refractivity contribution is 5.98. The Bertz CT molecular complexity index is 1040. The van der Waals surface area contributed by atoms with E-state index in [1.807, 2.05) is 6.07 Å². The van der Waals surface area contributed by atoms with Gasteiger partial charge in [0.05, 0.1) is 12.6 Å². The molecule has 4 heterocycles. The molecule has 0 saturated carbocycles. The van der Waals surface area contributed by atoms with E-state index < -0.39 is 0 Å². The minimum Gasteiger partial charge on any atom is -0.383 e. The van der Waals surface area contributed by atoms with Crippen molar-refractivity contribution in [3.05, 3.63) is 47.7 Å². The first-order chi connectivity index (χ1) is 15.7. The van der Waals surface area contributed by atoms with E-state index in [9.17, 15) is 4.79 Å². The molecule has 4 atom stereocenters. The number of aromatic nitrogens is 1. The van der Waals surface area contributed by atoms with Gasteiger partial charge in [0.2, 0.25) is 0 Å². The Morgan fingerprint density at radius 1 is 1.16 bits per heavy atom. The molecule has 1 aromatic heterocycles. The smallest absolute Gasteiger partial charge is 0.254 e. The maximum absolute atomic E-state index is 13.8. The van der Waals surface area contributed by atoms with Crippen molar-refractivity contribution in [1.82, 2.24) is 14.4 Å². The first-order valence-electron chi connectivity index (χ1n) is 12.6. The number of piperidine rings is 3. The second kappa shape index (κ2) is 8.35. The third-order valence-corrected chi connectivity index (χ3v) is 8.48. The van der Waals surface area contributed by atoms with Gasteiger partial charge >= 0.3 is 0 Å². The Morgan fingerprint density at radius 3 is 3.00 bits per heavy atom. The van der Waals surface area contributed by atoms with Crippen LogP contribution in [0.4, 0.5) is 0 Å². The Morgan fingerprint density at radius 2 is 2.09 bits per heavy atom. The predicted octanol–water partition coefficient (Wildman–Crippen LogP) is 4.32. The van der Waals surface area contributed by atoms with Gasteiger partial charge in [-0.3, -0.25) is 9.69 Å². The number of carbonyl (C=O) groups excluding carboxylic acids is 1. The fourth-order valence-corrected chi connectivity index (χ4v) is 7.07. The number of rotatable bonds is 4. The van der Waals surface area contributed by atoms with Gasteiger partial charge < -0.3 is 14.2 Å². The van der Waals surface area contributed by atoms with Crippen molar-refractivity contribution < 1.29 is 9.53 Å². The third-order valence-electron chi connectivity index (χ3n) is 8.48. The number of ether oxygens (including phenoxy) is 1. The molecule has 0 radical (unpaired) electrons. The van der Waals surface area contributed by atoms with Gasteiger partial charge in [0.15, 0.2) is 0 Å². The lowest BCUT2D eigenvalue weighted by molar-refractivity contribution is 0.00148. The van der Waals surface area contributed by atoms with Crippen LogP contribution in [0.3, 0.4) is 0 Å². The van der Waals surface area contributed by atoms with Crippen molar-refractivity contribution in [3.63, 3.8) is 0 Å². The third kappa shape index (κ3) is 3.41. The molecule has 0 spiro atoms. The van der Waals surface area contributed by atoms with Crippen LogP contribution in [0.2, 0.25) is 0 Å². The Labute approximate surface area is 191 Å². The molecule has 1 aliphatic carbocycles. The number of nitrogens with zero attached hydrogens (tertiary/aromatic N) is 3. The molecule has 32 heavy (non-hydrogen) atoms. The van der Waals surface area contributed by atoms with Crippen molar-refractivity contribution in [3.8, 4) is 0 Å². The highest BCUT2D eigenvalue weighted by atomic mass is 16.5. The zero-order valence-electron chi connectivity index (χ0n) is 19.2. The van der Waals surface area contributed by atoms with Crippen LogP contribution in [-0.4, -0.2) is 65.7 Å². The highest BCUT2D eigenvalue weighted by Gasteiger charge is 2.47. The maximum atomic E-state index is 13.8. The average Bonchev–Trinajstić information content (AvgIpc) is 3.24. The lowest BCUT2D eigenvalue weighted by Gasteiger charge is -2.54. The van der Waals surface area contributed by atoms with Crippen LogP contribution in [-0.2, 0) is 11.3 Å². The van der Waals surface area contributed by atoms with E-state index in [0.29, 0.717) is 24.5 Å². The summed E-state index contributed by atoms with van der Waals surface area (Å²) in [5.41, 5.74) is 3.50. The summed E-state index contributed by atoms with van der Waals surface area (Å²) in [6, 6.07) is 9.39.